The number of unbranched alkanes of at least 4 members (excludes halogenated alkanes) is 9. The van der Waals surface area contributed by atoms with Crippen molar-refractivity contribution in [1.29, 1.82) is 0 Å². The molecule has 0 heterocycles. The third-order valence-electron chi connectivity index (χ3n) is 4.90. The molecule has 0 aliphatic heterocycles. The molecule has 0 aromatic heterocycles. The van der Waals surface area contributed by atoms with Crippen molar-refractivity contribution in [2.24, 2.45) is 0 Å². The van der Waals surface area contributed by atoms with E-state index in [-0.39, 0.29) is 25.6 Å². The molecule has 31 heavy (non-hydrogen) atoms. The monoisotopic (exact) mass is 433 g/mol. The van der Waals surface area contributed by atoms with E-state index in [1.165, 1.54) is 51.4 Å². The van der Waals surface area contributed by atoms with Crippen LogP contribution in [-0.4, -0.2) is 37.5 Å². The lowest BCUT2D eigenvalue weighted by molar-refractivity contribution is -0.125. The van der Waals surface area contributed by atoms with Gasteiger partial charge in [0, 0.05) is 6.54 Å². The molecule has 3 amide bonds. The van der Waals surface area contributed by atoms with Gasteiger partial charge in [0.15, 0.2) is 0 Å². The summed E-state index contributed by atoms with van der Waals surface area (Å²) in [6.07, 6.45) is 11.8. The number of hydrogen-bond acceptors (Lipinski definition) is 4. The molecule has 0 bridgehead atoms. The molecular weight excluding hydrogens is 394 g/mol. The lowest BCUT2D eigenvalue weighted by Crippen LogP contribution is -2.42. The summed E-state index contributed by atoms with van der Waals surface area (Å²) in [5, 5.41) is 7.64. The van der Waals surface area contributed by atoms with Crippen LogP contribution in [0.3, 0.4) is 0 Å². The maximum absolute atomic E-state index is 11.8. The molecule has 0 unspecified atom stereocenters. The topological polar surface area (TPSA) is 96.5 Å². The minimum atomic E-state index is -0.676. The zero-order valence-corrected chi connectivity index (χ0v) is 18.9. The number of ether oxygens (including phenoxy) is 1. The predicted octanol–water partition coefficient (Wildman–Crippen LogP) is 4.07. The molecule has 1 aromatic carbocycles. The number of carbonyl (C=O) groups excluding carboxylic acids is 3. The number of alkyl carbamates (subject to hydrolysis) is 1. The first-order valence-corrected chi connectivity index (χ1v) is 11.6. The van der Waals surface area contributed by atoms with Crippen molar-refractivity contribution in [3.05, 3.63) is 35.9 Å². The van der Waals surface area contributed by atoms with Crippen LogP contribution >= 0.6 is 0 Å². The second kappa shape index (κ2) is 18.2. The van der Waals surface area contributed by atoms with E-state index in [1.807, 2.05) is 30.3 Å². The van der Waals surface area contributed by atoms with Crippen LogP contribution in [0.2, 0.25) is 0 Å². The SMILES string of the molecule is CCCCCCCCCCCCNC(=O)CNC(=O)CNC(=O)OCc1ccccc1. The Morgan fingerprint density at radius 2 is 1.26 bits per heavy atom. The Kier molecular flexibility index (Phi) is 15.6. The summed E-state index contributed by atoms with van der Waals surface area (Å²) in [4.78, 5) is 35.1. The van der Waals surface area contributed by atoms with Crippen LogP contribution in [0, 0.1) is 0 Å². The molecule has 1 rings (SSSR count). The van der Waals surface area contributed by atoms with E-state index < -0.39 is 12.0 Å². The maximum atomic E-state index is 11.8. The summed E-state index contributed by atoms with van der Waals surface area (Å²) in [7, 11) is 0. The third kappa shape index (κ3) is 15.9. The quantitative estimate of drug-likeness (QED) is 0.323. The van der Waals surface area contributed by atoms with Gasteiger partial charge >= 0.3 is 6.09 Å². The molecule has 0 aliphatic carbocycles. The van der Waals surface area contributed by atoms with Gasteiger partial charge in [0.1, 0.15) is 13.2 Å². The highest BCUT2D eigenvalue weighted by molar-refractivity contribution is 5.87. The first kappa shape index (κ1) is 26.5. The summed E-state index contributed by atoms with van der Waals surface area (Å²) >= 11 is 0. The van der Waals surface area contributed by atoms with Crippen molar-refractivity contribution < 1.29 is 19.1 Å². The van der Waals surface area contributed by atoms with Crippen molar-refractivity contribution in [3.8, 4) is 0 Å². The molecular formula is C24H39N3O4. The highest BCUT2D eigenvalue weighted by atomic mass is 16.5. The molecule has 174 valence electrons. The van der Waals surface area contributed by atoms with Gasteiger partial charge in [0.2, 0.25) is 11.8 Å². The average Bonchev–Trinajstić information content (AvgIpc) is 2.79. The summed E-state index contributed by atoms with van der Waals surface area (Å²) in [6, 6.07) is 9.26. The van der Waals surface area contributed by atoms with E-state index in [0.717, 1.165) is 18.4 Å². The second-order valence-corrected chi connectivity index (χ2v) is 7.72. The van der Waals surface area contributed by atoms with Gasteiger partial charge in [0.25, 0.3) is 0 Å². The smallest absolute Gasteiger partial charge is 0.407 e. The fraction of sp³-hybridized carbons (Fsp3) is 0.625. The van der Waals surface area contributed by atoms with Gasteiger partial charge in [-0.2, -0.15) is 0 Å². The van der Waals surface area contributed by atoms with Gasteiger partial charge in [-0.15, -0.1) is 0 Å². The largest absolute Gasteiger partial charge is 0.445 e. The van der Waals surface area contributed by atoms with E-state index in [9.17, 15) is 14.4 Å². The highest BCUT2D eigenvalue weighted by Crippen LogP contribution is 2.10. The number of rotatable bonds is 17. The van der Waals surface area contributed by atoms with Gasteiger partial charge in [-0.05, 0) is 12.0 Å². The number of hydrogen-bond donors (Lipinski definition) is 3. The van der Waals surface area contributed by atoms with E-state index in [2.05, 4.69) is 22.9 Å². The highest BCUT2D eigenvalue weighted by Gasteiger charge is 2.08. The number of nitrogens with one attached hydrogen (secondary N) is 3. The summed E-state index contributed by atoms with van der Waals surface area (Å²) in [6.45, 7) is 2.65. The van der Waals surface area contributed by atoms with Crippen LogP contribution in [0.1, 0.15) is 76.7 Å². The molecule has 0 atom stereocenters. The minimum absolute atomic E-state index is 0.0999. The summed E-state index contributed by atoms with van der Waals surface area (Å²) in [5.74, 6) is -0.665. The van der Waals surface area contributed by atoms with Crippen LogP contribution in [-0.2, 0) is 20.9 Å². The summed E-state index contributed by atoms with van der Waals surface area (Å²) in [5.41, 5.74) is 0.862. The fourth-order valence-corrected chi connectivity index (χ4v) is 3.07. The standard InChI is InChI=1S/C24H39N3O4/c1-2-3-4-5-6-7-8-9-10-14-17-25-22(28)18-26-23(29)19-27-24(30)31-20-21-15-12-11-13-16-21/h11-13,15-16H,2-10,14,17-20H2,1H3,(H,25,28)(H,26,29)(H,27,30). The van der Waals surface area contributed by atoms with Crippen LogP contribution in [0.25, 0.3) is 0 Å². The average molecular weight is 434 g/mol. The lowest BCUT2D eigenvalue weighted by atomic mass is 10.1. The van der Waals surface area contributed by atoms with Gasteiger partial charge in [-0.3, -0.25) is 9.59 Å². The zero-order chi connectivity index (χ0) is 22.6. The molecule has 0 radical (unpaired) electrons. The van der Waals surface area contributed by atoms with E-state index >= 15 is 0 Å². The minimum Gasteiger partial charge on any atom is -0.445 e. The van der Waals surface area contributed by atoms with Gasteiger partial charge in [-0.25, -0.2) is 4.79 Å². The van der Waals surface area contributed by atoms with Crippen LogP contribution in [0.4, 0.5) is 4.79 Å². The predicted molar refractivity (Wildman–Crippen MR) is 122 cm³/mol. The van der Waals surface area contributed by atoms with Crippen molar-refractivity contribution in [2.45, 2.75) is 77.7 Å². The van der Waals surface area contributed by atoms with Crippen molar-refractivity contribution in [1.82, 2.24) is 16.0 Å². The Balaban J connectivity index is 1.92. The Morgan fingerprint density at radius 3 is 1.90 bits per heavy atom. The van der Waals surface area contributed by atoms with Crippen LogP contribution in [0.15, 0.2) is 30.3 Å². The Morgan fingerprint density at radius 1 is 0.710 bits per heavy atom. The normalized spacial score (nSPS) is 10.4. The Labute approximate surface area is 186 Å². The maximum Gasteiger partial charge on any atom is 0.407 e. The fourth-order valence-electron chi connectivity index (χ4n) is 3.07. The molecule has 0 saturated carbocycles. The first-order valence-electron chi connectivity index (χ1n) is 11.6. The Bertz CT molecular complexity index is 623. The van der Waals surface area contributed by atoms with E-state index in [0.29, 0.717) is 6.54 Å². The molecule has 7 nitrogen and oxygen atoms in total. The summed E-state index contributed by atoms with van der Waals surface area (Å²) < 4.78 is 5.02. The third-order valence-corrected chi connectivity index (χ3v) is 4.90. The van der Waals surface area contributed by atoms with Gasteiger partial charge < -0.3 is 20.7 Å². The lowest BCUT2D eigenvalue weighted by Gasteiger charge is -2.09. The molecule has 3 N–H and O–H groups in total. The molecule has 0 aliphatic rings. The molecule has 7 heteroatoms. The van der Waals surface area contributed by atoms with Crippen molar-refractivity contribution in [2.75, 3.05) is 19.6 Å². The molecule has 1 aromatic rings. The van der Waals surface area contributed by atoms with Crippen LogP contribution < -0.4 is 16.0 Å². The van der Waals surface area contributed by atoms with E-state index in [4.69, 9.17) is 4.74 Å². The molecule has 0 spiro atoms. The Hall–Kier alpha value is -2.57. The number of amides is 3. The first-order chi connectivity index (χ1) is 15.1. The molecule has 0 fully saturated rings. The van der Waals surface area contributed by atoms with Crippen molar-refractivity contribution in [3.63, 3.8) is 0 Å². The number of benzene rings is 1. The number of carbonyl (C=O) groups is 3. The van der Waals surface area contributed by atoms with Crippen molar-refractivity contribution >= 4 is 17.9 Å². The van der Waals surface area contributed by atoms with Gasteiger partial charge in [0.05, 0.1) is 6.54 Å². The van der Waals surface area contributed by atoms with Crippen LogP contribution in [0.5, 0.6) is 0 Å². The second-order valence-electron chi connectivity index (χ2n) is 7.72. The molecule has 0 saturated heterocycles. The van der Waals surface area contributed by atoms with Gasteiger partial charge in [-0.1, -0.05) is 95.0 Å². The zero-order valence-electron chi connectivity index (χ0n) is 18.9. The van der Waals surface area contributed by atoms with E-state index in [1.54, 1.807) is 0 Å².